The van der Waals surface area contributed by atoms with Crippen LogP contribution in [0.25, 0.3) is 0 Å². The van der Waals surface area contributed by atoms with Crippen LogP contribution in [0.2, 0.25) is 0 Å². The Morgan fingerprint density at radius 3 is 1.27 bits per heavy atom. The number of hydrogen-bond donors (Lipinski definition) is 0. The summed E-state index contributed by atoms with van der Waals surface area (Å²) < 4.78 is 0. The number of benzene rings is 3. The van der Waals surface area contributed by atoms with Crippen LogP contribution in [0.15, 0.2) is 92.4 Å². The Bertz CT molecular complexity index is 683. The molecule has 3 aromatic rings. The molecule has 0 saturated carbocycles. The van der Waals surface area contributed by atoms with Crippen molar-refractivity contribution in [1.29, 1.82) is 0 Å². The summed E-state index contributed by atoms with van der Waals surface area (Å²) >= 11 is 3.67. The van der Waals surface area contributed by atoms with Gasteiger partial charge in [0.25, 0.3) is 0 Å². The smallest absolute Gasteiger partial charge is 0.0264 e. The van der Waals surface area contributed by atoms with Gasteiger partial charge in [-0.2, -0.15) is 0 Å². The number of hydrogen-bond acceptors (Lipinski definition) is 2. The maximum absolute atomic E-state index is 2.30. The summed E-state index contributed by atoms with van der Waals surface area (Å²) in [6.07, 6.45) is 0. The lowest BCUT2D eigenvalue weighted by atomic mass is 10.1. The lowest BCUT2D eigenvalue weighted by molar-refractivity contribution is 1.16. The van der Waals surface area contributed by atoms with E-state index in [-0.39, 0.29) is 0 Å². The highest BCUT2D eigenvalue weighted by atomic mass is 32.2. The monoisotopic (exact) mass is 322 g/mol. The molecule has 0 radical (unpaired) electrons. The average Bonchev–Trinajstić information content (AvgIpc) is 2.54. The second kappa shape index (κ2) is 7.08. The Balaban J connectivity index is 1.95. The van der Waals surface area contributed by atoms with Crippen LogP contribution in [-0.4, -0.2) is 0 Å². The molecule has 3 rings (SSSR count). The van der Waals surface area contributed by atoms with Gasteiger partial charge in [-0.3, -0.25) is 0 Å². The number of rotatable bonds is 4. The first-order valence-corrected chi connectivity index (χ1v) is 8.93. The Hall–Kier alpha value is -1.64. The molecule has 0 aliphatic carbocycles. The van der Waals surface area contributed by atoms with Crippen LogP contribution in [-0.2, 0) is 0 Å². The Kier molecular flexibility index (Phi) is 4.91. The van der Waals surface area contributed by atoms with E-state index in [0.717, 1.165) is 0 Å². The van der Waals surface area contributed by atoms with Crippen molar-refractivity contribution in [2.75, 3.05) is 0 Å². The fraction of sp³-hybridized carbons (Fsp3) is 0.100. The molecular formula is C20H18S2. The predicted molar refractivity (Wildman–Crippen MR) is 97.0 cm³/mol. The van der Waals surface area contributed by atoms with E-state index < -0.39 is 0 Å². The van der Waals surface area contributed by atoms with Crippen LogP contribution in [0, 0.1) is 13.8 Å². The molecule has 3 aromatic carbocycles. The molecule has 0 fully saturated rings. The minimum absolute atomic E-state index is 1.28. The van der Waals surface area contributed by atoms with Gasteiger partial charge in [0.05, 0.1) is 0 Å². The van der Waals surface area contributed by atoms with Crippen molar-refractivity contribution in [3.05, 3.63) is 83.9 Å². The normalized spacial score (nSPS) is 10.6. The van der Waals surface area contributed by atoms with Crippen molar-refractivity contribution in [3.63, 3.8) is 0 Å². The summed E-state index contributed by atoms with van der Waals surface area (Å²) in [7, 11) is 0. The lowest BCUT2D eigenvalue weighted by Crippen LogP contribution is -1.87. The number of aryl methyl sites for hydroxylation is 2. The molecule has 2 heteroatoms. The third kappa shape index (κ3) is 3.76. The van der Waals surface area contributed by atoms with E-state index >= 15 is 0 Å². The molecule has 0 heterocycles. The Morgan fingerprint density at radius 1 is 0.545 bits per heavy atom. The van der Waals surface area contributed by atoms with Crippen molar-refractivity contribution >= 4 is 23.5 Å². The van der Waals surface area contributed by atoms with Crippen molar-refractivity contribution in [2.45, 2.75) is 33.4 Å². The summed E-state index contributed by atoms with van der Waals surface area (Å²) in [6, 6.07) is 25.7. The van der Waals surface area contributed by atoms with Gasteiger partial charge >= 0.3 is 0 Å². The molecule has 0 unspecified atom stereocenters. The predicted octanol–water partition coefficient (Wildman–Crippen LogP) is 6.61. The molecule has 0 aliphatic heterocycles. The minimum Gasteiger partial charge on any atom is -0.0889 e. The fourth-order valence-electron chi connectivity index (χ4n) is 2.15. The van der Waals surface area contributed by atoms with Crippen molar-refractivity contribution in [2.24, 2.45) is 0 Å². The van der Waals surface area contributed by atoms with Crippen LogP contribution >= 0.6 is 23.5 Å². The Labute approximate surface area is 141 Å². The molecule has 0 aromatic heterocycles. The van der Waals surface area contributed by atoms with Crippen molar-refractivity contribution in [1.82, 2.24) is 0 Å². The van der Waals surface area contributed by atoms with Crippen LogP contribution in [0.3, 0.4) is 0 Å². The highest BCUT2D eigenvalue weighted by Crippen LogP contribution is 2.40. The lowest BCUT2D eigenvalue weighted by Gasteiger charge is -2.12. The third-order valence-corrected chi connectivity index (χ3v) is 5.76. The molecule has 0 bridgehead atoms. The van der Waals surface area contributed by atoms with Crippen molar-refractivity contribution in [3.8, 4) is 0 Å². The summed E-state index contributed by atoms with van der Waals surface area (Å²) in [5.41, 5.74) is 2.69. The summed E-state index contributed by atoms with van der Waals surface area (Å²) in [6.45, 7) is 4.36. The maximum atomic E-state index is 2.30. The highest BCUT2D eigenvalue weighted by Gasteiger charge is 2.09. The molecule has 0 saturated heterocycles. The van der Waals surface area contributed by atoms with Gasteiger partial charge in [-0.15, -0.1) is 0 Å². The quantitative estimate of drug-likeness (QED) is 0.530. The van der Waals surface area contributed by atoms with Gasteiger partial charge in [0.1, 0.15) is 0 Å². The van der Waals surface area contributed by atoms with Gasteiger partial charge in [-0.25, -0.2) is 0 Å². The zero-order valence-corrected chi connectivity index (χ0v) is 14.4. The first kappa shape index (κ1) is 15.3. The van der Waals surface area contributed by atoms with E-state index in [0.29, 0.717) is 0 Å². The van der Waals surface area contributed by atoms with E-state index in [9.17, 15) is 0 Å². The zero-order chi connectivity index (χ0) is 15.4. The van der Waals surface area contributed by atoms with E-state index in [1.54, 1.807) is 0 Å². The molecule has 0 amide bonds. The first-order chi connectivity index (χ1) is 10.7. The van der Waals surface area contributed by atoms with Gasteiger partial charge in [-0.05, 0) is 61.4 Å². The van der Waals surface area contributed by atoms with Crippen LogP contribution in [0.4, 0.5) is 0 Å². The molecule has 22 heavy (non-hydrogen) atoms. The van der Waals surface area contributed by atoms with E-state index in [4.69, 9.17) is 0 Å². The van der Waals surface area contributed by atoms with Gasteiger partial charge in [-0.1, -0.05) is 59.9 Å². The largest absolute Gasteiger partial charge is 0.0889 e. The Morgan fingerprint density at radius 2 is 0.909 bits per heavy atom. The molecular weight excluding hydrogens is 304 g/mol. The molecule has 110 valence electrons. The second-order valence-electron chi connectivity index (χ2n) is 5.21. The highest BCUT2D eigenvalue weighted by molar-refractivity contribution is 8.02. The summed E-state index contributed by atoms with van der Waals surface area (Å²) in [4.78, 5) is 5.20. The van der Waals surface area contributed by atoms with Gasteiger partial charge in [0.15, 0.2) is 0 Å². The fourth-order valence-corrected chi connectivity index (χ4v) is 4.29. The summed E-state index contributed by atoms with van der Waals surface area (Å²) in [5.74, 6) is 0. The van der Waals surface area contributed by atoms with Gasteiger partial charge in [0.2, 0.25) is 0 Å². The van der Waals surface area contributed by atoms with Crippen LogP contribution in [0.1, 0.15) is 11.1 Å². The summed E-state index contributed by atoms with van der Waals surface area (Å²) in [5, 5.41) is 0. The maximum Gasteiger partial charge on any atom is 0.0264 e. The average molecular weight is 322 g/mol. The third-order valence-electron chi connectivity index (χ3n) is 3.50. The first-order valence-electron chi connectivity index (χ1n) is 7.29. The standard InChI is InChI=1S/C20H18S2/c1-15-13-19(21-17-9-5-3-6-10-17)20(14-16(15)2)22-18-11-7-4-8-12-18/h3-14H,1-2H3. The van der Waals surface area contributed by atoms with Gasteiger partial charge < -0.3 is 0 Å². The van der Waals surface area contributed by atoms with Crippen LogP contribution in [0.5, 0.6) is 0 Å². The molecule has 0 aliphatic rings. The van der Waals surface area contributed by atoms with Crippen molar-refractivity contribution < 1.29 is 0 Å². The molecule has 0 spiro atoms. The second-order valence-corrected chi connectivity index (χ2v) is 7.44. The zero-order valence-electron chi connectivity index (χ0n) is 12.7. The van der Waals surface area contributed by atoms with Crippen LogP contribution < -0.4 is 0 Å². The molecule has 0 N–H and O–H groups in total. The SMILES string of the molecule is Cc1cc(Sc2ccccc2)c(Sc2ccccc2)cc1C. The topological polar surface area (TPSA) is 0 Å². The molecule has 0 nitrogen and oxygen atoms in total. The minimum atomic E-state index is 1.28. The van der Waals surface area contributed by atoms with E-state index in [2.05, 4.69) is 86.6 Å². The van der Waals surface area contributed by atoms with E-state index in [1.165, 1.54) is 30.7 Å². The van der Waals surface area contributed by atoms with E-state index in [1.807, 2.05) is 23.5 Å². The molecule has 0 atom stereocenters. The van der Waals surface area contributed by atoms with Gasteiger partial charge in [0, 0.05) is 19.6 Å².